The first-order valence-corrected chi connectivity index (χ1v) is 9.39. The third-order valence-corrected chi connectivity index (χ3v) is 4.69. The van der Waals surface area contributed by atoms with Crippen LogP contribution in [0.1, 0.15) is 18.1 Å². The van der Waals surface area contributed by atoms with E-state index in [4.69, 9.17) is 16.3 Å². The molecule has 0 amide bonds. The number of halogens is 1. The Bertz CT molecular complexity index is 830. The number of aromatic nitrogens is 1. The molecule has 0 aliphatic rings. The largest absolute Gasteiger partial charge is 0.491 e. The van der Waals surface area contributed by atoms with E-state index in [-0.39, 0.29) is 6.61 Å². The van der Waals surface area contributed by atoms with Crippen LogP contribution in [0, 0.1) is 0 Å². The Morgan fingerprint density at radius 1 is 1.19 bits per heavy atom. The molecular formula is C21H25ClN2O2. The van der Waals surface area contributed by atoms with Crippen molar-refractivity contribution in [3.8, 4) is 5.75 Å². The molecule has 0 saturated heterocycles. The van der Waals surface area contributed by atoms with Crippen LogP contribution in [0.15, 0.2) is 48.7 Å². The molecule has 2 aromatic carbocycles. The smallest absolute Gasteiger partial charge is 0.119 e. The molecule has 26 heavy (non-hydrogen) atoms. The summed E-state index contributed by atoms with van der Waals surface area (Å²) in [5.74, 6) is 0.790. The molecule has 3 aromatic rings. The summed E-state index contributed by atoms with van der Waals surface area (Å²) in [6.07, 6.45) is 3.37. The van der Waals surface area contributed by atoms with Gasteiger partial charge in [0.15, 0.2) is 0 Å². The SMILES string of the molecule is CCc1ccc(OCC(O)CNCCc2c[nH]c3cc(Cl)ccc23)cc1. The summed E-state index contributed by atoms with van der Waals surface area (Å²) in [4.78, 5) is 3.24. The van der Waals surface area contributed by atoms with Crippen LogP contribution in [0.4, 0.5) is 0 Å². The highest BCUT2D eigenvalue weighted by atomic mass is 35.5. The fourth-order valence-electron chi connectivity index (χ4n) is 2.93. The molecule has 0 radical (unpaired) electrons. The molecule has 3 rings (SSSR count). The van der Waals surface area contributed by atoms with E-state index in [0.717, 1.165) is 35.7 Å². The number of aromatic amines is 1. The molecule has 0 fully saturated rings. The highest BCUT2D eigenvalue weighted by Gasteiger charge is 2.07. The summed E-state index contributed by atoms with van der Waals surface area (Å²) in [7, 11) is 0. The molecule has 1 heterocycles. The summed E-state index contributed by atoms with van der Waals surface area (Å²) < 4.78 is 5.63. The minimum Gasteiger partial charge on any atom is -0.491 e. The summed E-state index contributed by atoms with van der Waals surface area (Å²) in [5, 5.41) is 15.3. The van der Waals surface area contributed by atoms with Gasteiger partial charge in [0.25, 0.3) is 0 Å². The van der Waals surface area contributed by atoms with Gasteiger partial charge in [-0.15, -0.1) is 0 Å². The van der Waals surface area contributed by atoms with E-state index in [1.54, 1.807) is 0 Å². The van der Waals surface area contributed by atoms with Crippen LogP contribution in [-0.2, 0) is 12.8 Å². The van der Waals surface area contributed by atoms with Crippen LogP contribution in [-0.4, -0.2) is 35.9 Å². The second kappa shape index (κ2) is 9.08. The van der Waals surface area contributed by atoms with Crippen molar-refractivity contribution in [1.29, 1.82) is 0 Å². The van der Waals surface area contributed by atoms with Gasteiger partial charge in [-0.05, 0) is 54.8 Å². The maximum Gasteiger partial charge on any atom is 0.119 e. The molecule has 1 aromatic heterocycles. The Labute approximate surface area is 159 Å². The van der Waals surface area contributed by atoms with Crippen molar-refractivity contribution in [2.24, 2.45) is 0 Å². The van der Waals surface area contributed by atoms with Gasteiger partial charge in [0.05, 0.1) is 0 Å². The fraction of sp³-hybridized carbons (Fsp3) is 0.333. The van der Waals surface area contributed by atoms with Gasteiger partial charge < -0.3 is 20.1 Å². The second-order valence-electron chi connectivity index (χ2n) is 6.42. The number of benzene rings is 2. The number of hydrogen-bond acceptors (Lipinski definition) is 3. The molecule has 0 aliphatic carbocycles. The minimum absolute atomic E-state index is 0.282. The van der Waals surface area contributed by atoms with Gasteiger partial charge in [0.2, 0.25) is 0 Å². The van der Waals surface area contributed by atoms with Gasteiger partial charge >= 0.3 is 0 Å². The summed E-state index contributed by atoms with van der Waals surface area (Å²) >= 11 is 6.01. The van der Waals surface area contributed by atoms with Crippen LogP contribution in [0.3, 0.4) is 0 Å². The van der Waals surface area contributed by atoms with Crippen molar-refractivity contribution in [3.05, 3.63) is 64.8 Å². The number of aryl methyl sites for hydroxylation is 1. The third-order valence-electron chi connectivity index (χ3n) is 4.45. The van der Waals surface area contributed by atoms with Crippen molar-refractivity contribution in [2.75, 3.05) is 19.7 Å². The maximum absolute atomic E-state index is 10.1. The van der Waals surface area contributed by atoms with E-state index < -0.39 is 6.10 Å². The summed E-state index contributed by atoms with van der Waals surface area (Å²) in [6.45, 7) is 3.69. The van der Waals surface area contributed by atoms with Crippen molar-refractivity contribution >= 4 is 22.5 Å². The lowest BCUT2D eigenvalue weighted by molar-refractivity contribution is 0.106. The van der Waals surface area contributed by atoms with E-state index in [9.17, 15) is 5.11 Å². The summed E-state index contributed by atoms with van der Waals surface area (Å²) in [5.41, 5.74) is 3.57. The van der Waals surface area contributed by atoms with E-state index >= 15 is 0 Å². The molecule has 1 unspecified atom stereocenters. The average molecular weight is 373 g/mol. The number of aliphatic hydroxyl groups excluding tert-OH is 1. The van der Waals surface area contributed by atoms with Crippen molar-refractivity contribution in [2.45, 2.75) is 25.9 Å². The zero-order chi connectivity index (χ0) is 18.4. The number of hydrogen-bond donors (Lipinski definition) is 3. The zero-order valence-electron chi connectivity index (χ0n) is 15.0. The number of H-pyrrole nitrogens is 1. The van der Waals surface area contributed by atoms with Gasteiger partial charge in [-0.1, -0.05) is 36.7 Å². The van der Waals surface area contributed by atoms with E-state index in [2.05, 4.69) is 17.2 Å². The van der Waals surface area contributed by atoms with Gasteiger partial charge in [-0.2, -0.15) is 0 Å². The number of aliphatic hydroxyl groups is 1. The zero-order valence-corrected chi connectivity index (χ0v) is 15.7. The molecule has 5 heteroatoms. The fourth-order valence-corrected chi connectivity index (χ4v) is 3.10. The Morgan fingerprint density at radius 3 is 2.77 bits per heavy atom. The van der Waals surface area contributed by atoms with Gasteiger partial charge in [-0.25, -0.2) is 0 Å². The van der Waals surface area contributed by atoms with E-state index in [1.807, 2.05) is 48.7 Å². The van der Waals surface area contributed by atoms with Crippen LogP contribution in [0.2, 0.25) is 5.02 Å². The van der Waals surface area contributed by atoms with Gasteiger partial charge in [-0.3, -0.25) is 0 Å². The average Bonchev–Trinajstić information content (AvgIpc) is 3.06. The Hall–Kier alpha value is -2.01. The molecular weight excluding hydrogens is 348 g/mol. The van der Waals surface area contributed by atoms with Crippen LogP contribution in [0.25, 0.3) is 10.9 Å². The number of ether oxygens (including phenoxy) is 1. The molecule has 0 bridgehead atoms. The standard InChI is InChI=1S/C21H25ClN2O2/c1-2-15-3-6-19(7-4-15)26-14-18(25)13-23-10-9-16-12-24-21-11-17(22)5-8-20(16)21/h3-8,11-12,18,23-25H,2,9-10,13-14H2,1H3. The normalized spacial score (nSPS) is 12.4. The monoisotopic (exact) mass is 372 g/mol. The molecule has 1 atom stereocenters. The Morgan fingerprint density at radius 2 is 2.00 bits per heavy atom. The topological polar surface area (TPSA) is 57.3 Å². The number of fused-ring (bicyclic) bond motifs is 1. The molecule has 3 N–H and O–H groups in total. The Kier molecular flexibility index (Phi) is 6.56. The number of nitrogens with one attached hydrogen (secondary N) is 2. The van der Waals surface area contributed by atoms with Crippen LogP contribution >= 0.6 is 11.6 Å². The molecule has 4 nitrogen and oxygen atoms in total. The lowest BCUT2D eigenvalue weighted by atomic mass is 10.1. The first-order valence-electron chi connectivity index (χ1n) is 9.01. The first kappa shape index (κ1) is 18.8. The maximum atomic E-state index is 10.1. The van der Waals surface area contributed by atoms with Crippen molar-refractivity contribution in [1.82, 2.24) is 10.3 Å². The second-order valence-corrected chi connectivity index (χ2v) is 6.86. The lowest BCUT2D eigenvalue weighted by Crippen LogP contribution is -2.32. The minimum atomic E-state index is -0.539. The Balaban J connectivity index is 1.38. The highest BCUT2D eigenvalue weighted by Crippen LogP contribution is 2.22. The predicted octanol–water partition coefficient (Wildman–Crippen LogP) is 3.96. The third kappa shape index (κ3) is 5.01. The lowest BCUT2D eigenvalue weighted by Gasteiger charge is -2.13. The summed E-state index contributed by atoms with van der Waals surface area (Å²) in [6, 6.07) is 13.9. The van der Waals surface area contributed by atoms with Gasteiger partial charge in [0, 0.05) is 28.7 Å². The highest BCUT2D eigenvalue weighted by molar-refractivity contribution is 6.31. The van der Waals surface area contributed by atoms with Crippen molar-refractivity contribution in [3.63, 3.8) is 0 Å². The molecule has 0 saturated carbocycles. The van der Waals surface area contributed by atoms with Crippen LogP contribution in [0.5, 0.6) is 5.75 Å². The van der Waals surface area contributed by atoms with Crippen LogP contribution < -0.4 is 10.1 Å². The first-order chi connectivity index (χ1) is 12.7. The van der Waals surface area contributed by atoms with E-state index in [1.165, 1.54) is 16.5 Å². The molecule has 0 spiro atoms. The predicted molar refractivity (Wildman–Crippen MR) is 107 cm³/mol. The molecule has 0 aliphatic heterocycles. The number of rotatable bonds is 9. The van der Waals surface area contributed by atoms with E-state index in [0.29, 0.717) is 6.54 Å². The quantitative estimate of drug-likeness (QED) is 0.498. The van der Waals surface area contributed by atoms with Gasteiger partial charge in [0.1, 0.15) is 18.5 Å². The molecule has 138 valence electrons. The van der Waals surface area contributed by atoms with Crippen molar-refractivity contribution < 1.29 is 9.84 Å².